The van der Waals surface area contributed by atoms with Crippen LogP contribution in [-0.4, -0.2) is 29.2 Å². The van der Waals surface area contributed by atoms with Gasteiger partial charge in [0.2, 0.25) is 0 Å². The number of aromatic nitrogens is 1. The normalized spacial score (nSPS) is 10.8. The number of hydrogen-bond acceptors (Lipinski definition) is 4. The van der Waals surface area contributed by atoms with Crippen molar-refractivity contribution in [2.75, 3.05) is 18.5 Å². The number of para-hydroxylation sites is 1. The second-order valence-corrected chi connectivity index (χ2v) is 6.14. The number of hydrogen-bond donors (Lipinski definition) is 2. The Kier molecular flexibility index (Phi) is 5.81. The van der Waals surface area contributed by atoms with Crippen molar-refractivity contribution in [3.63, 3.8) is 0 Å². The number of benzene rings is 2. The molecule has 0 spiro atoms. The highest BCUT2D eigenvalue weighted by Crippen LogP contribution is 2.16. The fourth-order valence-corrected chi connectivity index (χ4v) is 2.89. The summed E-state index contributed by atoms with van der Waals surface area (Å²) in [6.45, 7) is 3.39. The molecule has 134 valence electrons. The van der Waals surface area contributed by atoms with Gasteiger partial charge in [-0.2, -0.15) is 0 Å². The van der Waals surface area contributed by atoms with Crippen LogP contribution in [-0.2, 0) is 11.3 Å². The quantitative estimate of drug-likeness (QED) is 0.594. The van der Waals surface area contributed by atoms with E-state index in [9.17, 15) is 9.90 Å². The fourth-order valence-electron chi connectivity index (χ4n) is 2.89. The third-order valence-electron chi connectivity index (χ3n) is 4.20. The first-order valence-corrected chi connectivity index (χ1v) is 8.64. The lowest BCUT2D eigenvalue weighted by atomic mass is 10.0. The summed E-state index contributed by atoms with van der Waals surface area (Å²) in [6.07, 6.45) is 0.808. The van der Waals surface area contributed by atoms with Gasteiger partial charge in [0.05, 0.1) is 17.7 Å². The summed E-state index contributed by atoms with van der Waals surface area (Å²) < 4.78 is 5.65. The van der Waals surface area contributed by atoms with Gasteiger partial charge >= 0.3 is 5.97 Å². The molecule has 1 heterocycles. The number of pyridine rings is 1. The summed E-state index contributed by atoms with van der Waals surface area (Å²) >= 11 is 0. The van der Waals surface area contributed by atoms with E-state index >= 15 is 0 Å². The molecule has 3 rings (SSSR count). The summed E-state index contributed by atoms with van der Waals surface area (Å²) in [6, 6.07) is 17.5. The van der Waals surface area contributed by atoms with E-state index in [0.717, 1.165) is 35.2 Å². The zero-order valence-corrected chi connectivity index (χ0v) is 14.7. The van der Waals surface area contributed by atoms with E-state index in [1.54, 1.807) is 19.1 Å². The van der Waals surface area contributed by atoms with Crippen LogP contribution in [0.5, 0.6) is 0 Å². The molecule has 0 saturated carbocycles. The van der Waals surface area contributed by atoms with Gasteiger partial charge < -0.3 is 15.2 Å². The van der Waals surface area contributed by atoms with Gasteiger partial charge in [0.1, 0.15) is 5.82 Å². The number of fused-ring (bicyclic) bond motifs is 1. The zero-order chi connectivity index (χ0) is 18.4. The van der Waals surface area contributed by atoms with Crippen molar-refractivity contribution in [1.29, 1.82) is 0 Å². The van der Waals surface area contributed by atoms with Gasteiger partial charge in [-0.15, -0.1) is 0 Å². The first-order chi connectivity index (χ1) is 12.6. The van der Waals surface area contributed by atoms with Crippen molar-refractivity contribution in [2.24, 2.45) is 0 Å². The molecule has 0 radical (unpaired) electrons. The Labute approximate surface area is 152 Å². The van der Waals surface area contributed by atoms with Gasteiger partial charge in [0.15, 0.2) is 0 Å². The zero-order valence-electron chi connectivity index (χ0n) is 14.7. The molecule has 2 N–H and O–H groups in total. The molecule has 0 aliphatic carbocycles. The minimum absolute atomic E-state index is 0.303. The van der Waals surface area contributed by atoms with Crippen LogP contribution in [0.4, 0.5) is 5.82 Å². The molecular formula is C21H22N2O3. The second kappa shape index (κ2) is 8.45. The number of nitrogens with one attached hydrogen (secondary N) is 1. The molecule has 5 nitrogen and oxygen atoms in total. The van der Waals surface area contributed by atoms with E-state index in [2.05, 4.69) is 10.3 Å². The molecular weight excluding hydrogens is 328 g/mol. The van der Waals surface area contributed by atoms with Gasteiger partial charge in [-0.3, -0.25) is 0 Å². The van der Waals surface area contributed by atoms with E-state index in [1.165, 1.54) is 0 Å². The SMILES string of the molecule is Cc1cccc(COCCCNc2ccc3ccccc3n2)c1C(=O)O. The van der Waals surface area contributed by atoms with Crippen molar-refractivity contribution >= 4 is 22.7 Å². The van der Waals surface area contributed by atoms with E-state index in [4.69, 9.17) is 4.74 Å². The van der Waals surface area contributed by atoms with E-state index in [0.29, 0.717) is 24.3 Å². The van der Waals surface area contributed by atoms with Crippen LogP contribution < -0.4 is 5.32 Å². The summed E-state index contributed by atoms with van der Waals surface area (Å²) in [5.41, 5.74) is 2.77. The van der Waals surface area contributed by atoms with Gasteiger partial charge in [-0.05, 0) is 42.7 Å². The molecule has 0 saturated heterocycles. The third kappa shape index (κ3) is 4.37. The topological polar surface area (TPSA) is 71.5 Å². The number of anilines is 1. The molecule has 0 bridgehead atoms. The smallest absolute Gasteiger partial charge is 0.336 e. The molecule has 0 amide bonds. The number of nitrogens with zero attached hydrogens (tertiary/aromatic N) is 1. The van der Waals surface area contributed by atoms with Crippen molar-refractivity contribution in [1.82, 2.24) is 4.98 Å². The van der Waals surface area contributed by atoms with Gasteiger partial charge in [-0.25, -0.2) is 9.78 Å². The average Bonchev–Trinajstić information content (AvgIpc) is 2.64. The largest absolute Gasteiger partial charge is 0.478 e. The summed E-state index contributed by atoms with van der Waals surface area (Å²) in [4.78, 5) is 15.9. The molecule has 0 aliphatic rings. The van der Waals surface area contributed by atoms with Gasteiger partial charge in [0, 0.05) is 18.5 Å². The Bertz CT molecular complexity index is 909. The lowest BCUT2D eigenvalue weighted by Crippen LogP contribution is -2.09. The maximum absolute atomic E-state index is 11.4. The van der Waals surface area contributed by atoms with Crippen molar-refractivity contribution in [2.45, 2.75) is 20.0 Å². The monoisotopic (exact) mass is 350 g/mol. The van der Waals surface area contributed by atoms with Crippen LogP contribution in [0, 0.1) is 6.92 Å². The van der Waals surface area contributed by atoms with Crippen LogP contribution in [0.25, 0.3) is 10.9 Å². The van der Waals surface area contributed by atoms with Crippen molar-refractivity contribution in [3.8, 4) is 0 Å². The van der Waals surface area contributed by atoms with Crippen LogP contribution >= 0.6 is 0 Å². The first kappa shape index (κ1) is 17.9. The summed E-state index contributed by atoms with van der Waals surface area (Å²) in [5.74, 6) is -0.0682. The number of aromatic carboxylic acids is 1. The predicted octanol–water partition coefficient (Wildman–Crippen LogP) is 4.26. The maximum atomic E-state index is 11.4. The lowest BCUT2D eigenvalue weighted by molar-refractivity contribution is 0.0686. The number of aryl methyl sites for hydroxylation is 1. The van der Waals surface area contributed by atoms with Crippen molar-refractivity contribution < 1.29 is 14.6 Å². The number of ether oxygens (including phenoxy) is 1. The Morgan fingerprint density at radius 2 is 1.96 bits per heavy atom. The minimum atomic E-state index is -0.911. The highest BCUT2D eigenvalue weighted by atomic mass is 16.5. The van der Waals surface area contributed by atoms with E-state index in [-0.39, 0.29) is 0 Å². The molecule has 26 heavy (non-hydrogen) atoms. The number of rotatable bonds is 8. The molecule has 2 aromatic carbocycles. The number of carboxylic acids is 1. The summed E-state index contributed by atoms with van der Waals surface area (Å²) in [7, 11) is 0. The third-order valence-corrected chi connectivity index (χ3v) is 4.20. The van der Waals surface area contributed by atoms with Gasteiger partial charge in [0.25, 0.3) is 0 Å². The first-order valence-electron chi connectivity index (χ1n) is 8.64. The predicted molar refractivity (Wildman–Crippen MR) is 103 cm³/mol. The molecule has 0 aliphatic heterocycles. The lowest BCUT2D eigenvalue weighted by Gasteiger charge is -2.10. The van der Waals surface area contributed by atoms with E-state index in [1.807, 2.05) is 42.5 Å². The Hall–Kier alpha value is -2.92. The fraction of sp³-hybridized carbons (Fsp3) is 0.238. The Morgan fingerprint density at radius 3 is 2.81 bits per heavy atom. The number of carboxylic acid groups (broad SMARTS) is 1. The molecule has 0 atom stereocenters. The molecule has 3 aromatic rings. The van der Waals surface area contributed by atoms with Crippen molar-refractivity contribution in [3.05, 3.63) is 71.3 Å². The standard InChI is InChI=1S/C21H22N2O3/c1-15-6-4-8-17(20(15)21(24)25)14-26-13-5-12-22-19-11-10-16-7-2-3-9-18(16)23-19/h2-4,6-11H,5,12-14H2,1H3,(H,22,23)(H,24,25). The van der Waals surface area contributed by atoms with Crippen LogP contribution in [0.1, 0.15) is 27.9 Å². The average molecular weight is 350 g/mol. The highest BCUT2D eigenvalue weighted by molar-refractivity contribution is 5.91. The minimum Gasteiger partial charge on any atom is -0.478 e. The Balaban J connectivity index is 1.45. The molecule has 5 heteroatoms. The second-order valence-electron chi connectivity index (χ2n) is 6.14. The Morgan fingerprint density at radius 1 is 1.12 bits per heavy atom. The molecule has 0 fully saturated rings. The van der Waals surface area contributed by atoms with Crippen LogP contribution in [0.15, 0.2) is 54.6 Å². The van der Waals surface area contributed by atoms with Crippen LogP contribution in [0.3, 0.4) is 0 Å². The summed E-state index contributed by atoms with van der Waals surface area (Å²) in [5, 5.41) is 13.7. The maximum Gasteiger partial charge on any atom is 0.336 e. The van der Waals surface area contributed by atoms with Gasteiger partial charge in [-0.1, -0.05) is 36.4 Å². The molecule has 1 aromatic heterocycles. The molecule has 0 unspecified atom stereocenters. The van der Waals surface area contributed by atoms with Crippen LogP contribution in [0.2, 0.25) is 0 Å². The van der Waals surface area contributed by atoms with E-state index < -0.39 is 5.97 Å². The number of carbonyl (C=O) groups is 1. The highest BCUT2D eigenvalue weighted by Gasteiger charge is 2.12.